The highest BCUT2D eigenvalue weighted by Gasteiger charge is 2.22. The standard InChI is InChI=1S/C16H12Br2N2/c17-12-3-4-13-11(8-12)2-6-15(13)20-16-5-1-10(9-19)7-14(16)18/h1,3-5,7-8,15,20H,2,6H2. The topological polar surface area (TPSA) is 35.8 Å². The largest absolute Gasteiger partial charge is 0.377 e. The predicted octanol–water partition coefficient (Wildman–Crippen LogP) is 5.18. The predicted molar refractivity (Wildman–Crippen MR) is 87.7 cm³/mol. The van der Waals surface area contributed by atoms with Gasteiger partial charge in [0.15, 0.2) is 0 Å². The molecule has 2 aromatic rings. The van der Waals surface area contributed by atoms with E-state index < -0.39 is 0 Å². The molecule has 0 amide bonds. The molecule has 0 aromatic heterocycles. The van der Waals surface area contributed by atoms with Crippen LogP contribution in [0.25, 0.3) is 0 Å². The van der Waals surface area contributed by atoms with Gasteiger partial charge in [-0.1, -0.05) is 22.0 Å². The van der Waals surface area contributed by atoms with Crippen molar-refractivity contribution in [3.63, 3.8) is 0 Å². The number of nitrogens with zero attached hydrogens (tertiary/aromatic N) is 1. The van der Waals surface area contributed by atoms with Crippen LogP contribution >= 0.6 is 31.9 Å². The summed E-state index contributed by atoms with van der Waals surface area (Å²) in [6, 6.07) is 14.6. The Labute approximate surface area is 135 Å². The van der Waals surface area contributed by atoms with Crippen LogP contribution in [0.3, 0.4) is 0 Å². The van der Waals surface area contributed by atoms with Crippen LogP contribution in [0.15, 0.2) is 45.3 Å². The molecule has 3 rings (SSSR count). The first kappa shape index (κ1) is 13.7. The molecule has 2 nitrogen and oxygen atoms in total. The molecule has 0 aliphatic heterocycles. The second-order valence-corrected chi connectivity index (χ2v) is 6.66. The van der Waals surface area contributed by atoms with Crippen molar-refractivity contribution in [1.29, 1.82) is 5.26 Å². The minimum absolute atomic E-state index is 0.335. The van der Waals surface area contributed by atoms with Gasteiger partial charge in [0.05, 0.1) is 17.7 Å². The van der Waals surface area contributed by atoms with E-state index in [1.54, 1.807) is 0 Å². The first-order valence-corrected chi connectivity index (χ1v) is 8.00. The van der Waals surface area contributed by atoms with Crippen molar-refractivity contribution in [1.82, 2.24) is 0 Å². The van der Waals surface area contributed by atoms with Gasteiger partial charge in [-0.05, 0) is 70.2 Å². The minimum Gasteiger partial charge on any atom is -0.377 e. The third kappa shape index (κ3) is 2.61. The third-order valence-electron chi connectivity index (χ3n) is 3.61. The van der Waals surface area contributed by atoms with Crippen LogP contribution < -0.4 is 5.32 Å². The number of benzene rings is 2. The van der Waals surface area contributed by atoms with E-state index in [2.05, 4.69) is 61.4 Å². The average molecular weight is 392 g/mol. The molecule has 1 unspecified atom stereocenters. The Morgan fingerprint density at radius 1 is 1.15 bits per heavy atom. The molecule has 1 N–H and O–H groups in total. The Morgan fingerprint density at radius 3 is 2.75 bits per heavy atom. The fourth-order valence-corrected chi connectivity index (χ4v) is 3.53. The first-order valence-electron chi connectivity index (χ1n) is 6.42. The summed E-state index contributed by atoms with van der Waals surface area (Å²) in [5.41, 5.74) is 4.47. The summed E-state index contributed by atoms with van der Waals surface area (Å²) < 4.78 is 2.07. The number of nitriles is 1. The van der Waals surface area contributed by atoms with Crippen molar-refractivity contribution in [2.75, 3.05) is 5.32 Å². The van der Waals surface area contributed by atoms with E-state index >= 15 is 0 Å². The van der Waals surface area contributed by atoms with Crippen LogP contribution in [0.5, 0.6) is 0 Å². The van der Waals surface area contributed by atoms with Crippen LogP contribution in [0.1, 0.15) is 29.2 Å². The molecule has 0 saturated heterocycles. The molecule has 0 heterocycles. The van der Waals surface area contributed by atoms with E-state index in [-0.39, 0.29) is 0 Å². The third-order valence-corrected chi connectivity index (χ3v) is 4.76. The molecule has 1 aliphatic carbocycles. The summed E-state index contributed by atoms with van der Waals surface area (Å²) in [6.45, 7) is 0. The fraction of sp³-hybridized carbons (Fsp3) is 0.188. The number of aryl methyl sites for hydroxylation is 1. The number of rotatable bonds is 2. The van der Waals surface area contributed by atoms with Gasteiger partial charge in [0, 0.05) is 14.6 Å². The van der Waals surface area contributed by atoms with Crippen molar-refractivity contribution in [3.8, 4) is 6.07 Å². The molecular formula is C16H12Br2N2. The monoisotopic (exact) mass is 390 g/mol. The molecule has 1 aliphatic rings. The van der Waals surface area contributed by atoms with Gasteiger partial charge in [0.25, 0.3) is 0 Å². The summed E-state index contributed by atoms with van der Waals surface area (Å²) in [4.78, 5) is 0. The van der Waals surface area contributed by atoms with Gasteiger partial charge in [0.2, 0.25) is 0 Å². The van der Waals surface area contributed by atoms with Crippen molar-refractivity contribution >= 4 is 37.5 Å². The number of halogens is 2. The molecule has 4 heteroatoms. The Kier molecular flexibility index (Phi) is 3.82. The normalized spacial score (nSPS) is 16.6. The number of nitrogens with one attached hydrogen (secondary N) is 1. The van der Waals surface area contributed by atoms with Gasteiger partial charge in [-0.15, -0.1) is 0 Å². The van der Waals surface area contributed by atoms with Gasteiger partial charge in [0.1, 0.15) is 0 Å². The van der Waals surface area contributed by atoms with Gasteiger partial charge in [-0.2, -0.15) is 5.26 Å². The van der Waals surface area contributed by atoms with Crippen LogP contribution in [-0.4, -0.2) is 0 Å². The molecule has 1 atom stereocenters. The lowest BCUT2D eigenvalue weighted by molar-refractivity contribution is 0.761. The Bertz CT molecular complexity index is 704. The number of hydrogen-bond donors (Lipinski definition) is 1. The summed E-state index contributed by atoms with van der Waals surface area (Å²) in [5.74, 6) is 0. The van der Waals surface area contributed by atoms with E-state index in [4.69, 9.17) is 5.26 Å². The zero-order chi connectivity index (χ0) is 14.1. The fourth-order valence-electron chi connectivity index (χ4n) is 2.63. The minimum atomic E-state index is 0.335. The summed E-state index contributed by atoms with van der Waals surface area (Å²) in [5, 5.41) is 12.5. The highest BCUT2D eigenvalue weighted by Crippen LogP contribution is 2.37. The maximum Gasteiger partial charge on any atom is 0.0992 e. The summed E-state index contributed by atoms with van der Waals surface area (Å²) >= 11 is 7.05. The van der Waals surface area contributed by atoms with E-state index in [1.807, 2.05) is 18.2 Å². The summed E-state index contributed by atoms with van der Waals surface area (Å²) in [6.07, 6.45) is 2.19. The van der Waals surface area contributed by atoms with Crippen LogP contribution in [0.4, 0.5) is 5.69 Å². The van der Waals surface area contributed by atoms with E-state index in [1.165, 1.54) is 11.1 Å². The second-order valence-electron chi connectivity index (χ2n) is 4.89. The van der Waals surface area contributed by atoms with E-state index in [9.17, 15) is 0 Å². The summed E-state index contributed by atoms with van der Waals surface area (Å²) in [7, 11) is 0. The molecule has 0 fully saturated rings. The zero-order valence-corrected chi connectivity index (χ0v) is 13.8. The van der Waals surface area contributed by atoms with Crippen LogP contribution in [-0.2, 0) is 6.42 Å². The molecule has 0 bridgehead atoms. The quantitative estimate of drug-likeness (QED) is 0.765. The molecular weight excluding hydrogens is 380 g/mol. The molecule has 2 aromatic carbocycles. The van der Waals surface area contributed by atoms with Crippen molar-refractivity contribution in [2.45, 2.75) is 18.9 Å². The van der Waals surface area contributed by atoms with Gasteiger partial charge >= 0.3 is 0 Å². The highest BCUT2D eigenvalue weighted by molar-refractivity contribution is 9.10. The molecule has 0 saturated carbocycles. The highest BCUT2D eigenvalue weighted by atomic mass is 79.9. The van der Waals surface area contributed by atoms with Gasteiger partial charge < -0.3 is 5.32 Å². The Balaban J connectivity index is 1.86. The number of anilines is 1. The SMILES string of the molecule is N#Cc1ccc(NC2CCc3cc(Br)ccc32)c(Br)c1. The van der Waals surface area contributed by atoms with E-state index in [0.717, 1.165) is 27.5 Å². The lowest BCUT2D eigenvalue weighted by atomic mass is 10.1. The van der Waals surface area contributed by atoms with Gasteiger partial charge in [-0.3, -0.25) is 0 Å². The smallest absolute Gasteiger partial charge is 0.0992 e. The Morgan fingerprint density at radius 2 is 2.00 bits per heavy atom. The van der Waals surface area contributed by atoms with Crippen LogP contribution in [0, 0.1) is 11.3 Å². The van der Waals surface area contributed by atoms with E-state index in [0.29, 0.717) is 11.6 Å². The number of fused-ring (bicyclic) bond motifs is 1. The number of hydrogen-bond acceptors (Lipinski definition) is 2. The maximum absolute atomic E-state index is 8.90. The molecule has 20 heavy (non-hydrogen) atoms. The molecule has 0 spiro atoms. The second kappa shape index (κ2) is 5.59. The zero-order valence-electron chi connectivity index (χ0n) is 10.7. The lowest BCUT2D eigenvalue weighted by Gasteiger charge is -2.17. The van der Waals surface area contributed by atoms with Crippen molar-refractivity contribution in [2.24, 2.45) is 0 Å². The van der Waals surface area contributed by atoms with Crippen molar-refractivity contribution < 1.29 is 0 Å². The van der Waals surface area contributed by atoms with Crippen LogP contribution in [0.2, 0.25) is 0 Å². The van der Waals surface area contributed by atoms with Gasteiger partial charge in [-0.25, -0.2) is 0 Å². The maximum atomic E-state index is 8.90. The Hall–Kier alpha value is -1.31. The average Bonchev–Trinajstić information content (AvgIpc) is 2.83. The lowest BCUT2D eigenvalue weighted by Crippen LogP contribution is -2.07. The molecule has 100 valence electrons. The molecule has 0 radical (unpaired) electrons. The van der Waals surface area contributed by atoms with Crippen molar-refractivity contribution in [3.05, 3.63) is 62.0 Å². The first-order chi connectivity index (χ1) is 9.67.